The Balaban J connectivity index is 3.03. The molecule has 0 radical (unpaired) electrons. The minimum absolute atomic E-state index is 0.0395. The van der Waals surface area contributed by atoms with E-state index in [0.717, 1.165) is 12.8 Å². The lowest BCUT2D eigenvalue weighted by Gasteiger charge is -2.10. The second kappa shape index (κ2) is 8.64. The minimum atomic E-state index is -0.379. The summed E-state index contributed by atoms with van der Waals surface area (Å²) in [6, 6.07) is 7.21. The van der Waals surface area contributed by atoms with Gasteiger partial charge in [0.1, 0.15) is 11.6 Å². The van der Waals surface area contributed by atoms with E-state index in [0.29, 0.717) is 23.6 Å². The zero-order chi connectivity index (χ0) is 15.7. The molecular formula is C16H20N2O3. The van der Waals surface area contributed by atoms with Gasteiger partial charge in [-0.2, -0.15) is 5.26 Å². The van der Waals surface area contributed by atoms with E-state index in [-0.39, 0.29) is 11.5 Å². The van der Waals surface area contributed by atoms with E-state index in [1.54, 1.807) is 18.2 Å². The monoisotopic (exact) mass is 288 g/mol. The smallest absolute Gasteiger partial charge is 0.261 e. The molecule has 112 valence electrons. The highest BCUT2D eigenvalue weighted by atomic mass is 16.5. The van der Waals surface area contributed by atoms with Crippen LogP contribution in [0, 0.1) is 11.3 Å². The van der Waals surface area contributed by atoms with E-state index < -0.39 is 0 Å². The van der Waals surface area contributed by atoms with Gasteiger partial charge >= 0.3 is 0 Å². The quantitative estimate of drug-likeness (QED) is 0.475. The molecular weight excluding hydrogens is 268 g/mol. The first-order valence-corrected chi connectivity index (χ1v) is 6.78. The fourth-order valence-corrected chi connectivity index (χ4v) is 1.80. The van der Waals surface area contributed by atoms with Crippen molar-refractivity contribution >= 4 is 12.0 Å². The number of nitrogens with zero attached hydrogens (tertiary/aromatic N) is 1. The van der Waals surface area contributed by atoms with Crippen molar-refractivity contribution in [1.82, 2.24) is 5.32 Å². The maximum absolute atomic E-state index is 11.9. The van der Waals surface area contributed by atoms with Gasteiger partial charge in [0.2, 0.25) is 0 Å². The number of carbonyl (C=O) groups excluding carboxylic acids is 1. The summed E-state index contributed by atoms with van der Waals surface area (Å²) in [5.41, 5.74) is 0.664. The predicted molar refractivity (Wildman–Crippen MR) is 81.1 cm³/mol. The molecule has 0 aliphatic heterocycles. The Labute approximate surface area is 125 Å². The zero-order valence-corrected chi connectivity index (χ0v) is 12.6. The molecule has 0 aromatic heterocycles. The molecule has 0 atom stereocenters. The van der Waals surface area contributed by atoms with Gasteiger partial charge in [0.15, 0.2) is 11.5 Å². The van der Waals surface area contributed by atoms with E-state index in [1.807, 2.05) is 13.0 Å². The van der Waals surface area contributed by atoms with Crippen LogP contribution < -0.4 is 14.8 Å². The number of amides is 1. The first kappa shape index (κ1) is 16.6. The van der Waals surface area contributed by atoms with Crippen LogP contribution in [-0.2, 0) is 4.79 Å². The van der Waals surface area contributed by atoms with E-state index in [1.165, 1.54) is 20.3 Å². The maximum Gasteiger partial charge on any atom is 0.261 e. The van der Waals surface area contributed by atoms with Crippen molar-refractivity contribution in [3.63, 3.8) is 0 Å². The van der Waals surface area contributed by atoms with Crippen LogP contribution in [0.1, 0.15) is 25.3 Å². The molecule has 0 aliphatic rings. The number of carbonyl (C=O) groups is 1. The van der Waals surface area contributed by atoms with Crippen LogP contribution in [0.4, 0.5) is 0 Å². The van der Waals surface area contributed by atoms with Gasteiger partial charge in [0, 0.05) is 12.1 Å². The summed E-state index contributed by atoms with van der Waals surface area (Å²) in [6.07, 6.45) is 3.37. The molecule has 1 aromatic rings. The number of nitrogens with one attached hydrogen (secondary N) is 1. The second-order valence-electron chi connectivity index (χ2n) is 4.36. The van der Waals surface area contributed by atoms with Crippen molar-refractivity contribution in [3.05, 3.63) is 29.3 Å². The van der Waals surface area contributed by atoms with Gasteiger partial charge in [-0.05, 0) is 18.6 Å². The lowest BCUT2D eigenvalue weighted by atomic mass is 10.1. The number of hydrogen-bond donors (Lipinski definition) is 1. The molecule has 5 nitrogen and oxygen atoms in total. The van der Waals surface area contributed by atoms with Crippen molar-refractivity contribution in [3.8, 4) is 17.6 Å². The molecule has 0 unspecified atom stereocenters. The zero-order valence-electron chi connectivity index (χ0n) is 12.6. The van der Waals surface area contributed by atoms with Crippen LogP contribution in [0.3, 0.4) is 0 Å². The molecule has 1 amide bonds. The summed E-state index contributed by atoms with van der Waals surface area (Å²) in [6.45, 7) is 2.60. The Hall–Kier alpha value is -2.48. The summed E-state index contributed by atoms with van der Waals surface area (Å²) in [7, 11) is 3.05. The van der Waals surface area contributed by atoms with Gasteiger partial charge in [-0.15, -0.1) is 0 Å². The number of methoxy groups -OCH3 is 2. The van der Waals surface area contributed by atoms with E-state index in [2.05, 4.69) is 5.32 Å². The van der Waals surface area contributed by atoms with Gasteiger partial charge < -0.3 is 14.8 Å². The van der Waals surface area contributed by atoms with Crippen LogP contribution in [0.25, 0.3) is 6.08 Å². The van der Waals surface area contributed by atoms with Crippen LogP contribution >= 0.6 is 0 Å². The molecule has 0 bridgehead atoms. The molecule has 0 aliphatic carbocycles. The molecule has 0 heterocycles. The van der Waals surface area contributed by atoms with Crippen LogP contribution in [0.5, 0.6) is 11.5 Å². The molecule has 1 N–H and O–H groups in total. The highest BCUT2D eigenvalue weighted by Gasteiger charge is 2.12. The highest BCUT2D eigenvalue weighted by molar-refractivity contribution is 6.02. The number of nitriles is 1. The fourth-order valence-electron chi connectivity index (χ4n) is 1.80. The first-order chi connectivity index (χ1) is 10.2. The minimum Gasteiger partial charge on any atom is -0.493 e. The first-order valence-electron chi connectivity index (χ1n) is 6.78. The molecule has 0 spiro atoms. The fraction of sp³-hybridized carbons (Fsp3) is 0.375. The average molecular weight is 288 g/mol. The highest BCUT2D eigenvalue weighted by Crippen LogP contribution is 2.32. The van der Waals surface area contributed by atoms with Crippen molar-refractivity contribution in [2.24, 2.45) is 0 Å². The summed E-state index contributed by atoms with van der Waals surface area (Å²) in [5.74, 6) is 0.667. The second-order valence-corrected chi connectivity index (χ2v) is 4.36. The van der Waals surface area contributed by atoms with E-state index in [9.17, 15) is 4.79 Å². The van der Waals surface area contributed by atoms with Gasteiger partial charge in [0.25, 0.3) is 5.91 Å². The topological polar surface area (TPSA) is 71.4 Å². The number of ether oxygens (including phenoxy) is 2. The van der Waals surface area contributed by atoms with Crippen molar-refractivity contribution in [1.29, 1.82) is 5.26 Å². The lowest BCUT2D eigenvalue weighted by Crippen LogP contribution is -2.25. The third-order valence-corrected chi connectivity index (χ3v) is 2.91. The Morgan fingerprint density at radius 3 is 2.71 bits per heavy atom. The van der Waals surface area contributed by atoms with Gasteiger partial charge in [-0.3, -0.25) is 4.79 Å². The summed E-state index contributed by atoms with van der Waals surface area (Å²) >= 11 is 0. The third kappa shape index (κ3) is 4.53. The number of rotatable bonds is 7. The van der Waals surface area contributed by atoms with Gasteiger partial charge in [0.05, 0.1) is 14.2 Å². The summed E-state index contributed by atoms with van der Waals surface area (Å²) < 4.78 is 10.5. The van der Waals surface area contributed by atoms with Crippen molar-refractivity contribution in [2.45, 2.75) is 19.8 Å². The van der Waals surface area contributed by atoms with Crippen LogP contribution in [-0.4, -0.2) is 26.7 Å². The summed E-state index contributed by atoms with van der Waals surface area (Å²) in [5, 5.41) is 11.9. The SMILES string of the molecule is CCCCNC(=O)/C(C#N)=C/c1cccc(OC)c1OC. The standard InChI is InChI=1S/C16H20N2O3/c1-4-5-9-18-16(19)13(11-17)10-12-7-6-8-14(20-2)15(12)21-3/h6-8,10H,4-5,9H2,1-3H3,(H,18,19)/b13-10+. The molecule has 0 saturated carbocycles. The Morgan fingerprint density at radius 2 is 2.14 bits per heavy atom. The maximum atomic E-state index is 11.9. The van der Waals surface area contributed by atoms with Crippen molar-refractivity contribution < 1.29 is 14.3 Å². The Bertz CT molecular complexity index is 559. The molecule has 0 fully saturated rings. The Kier molecular flexibility index (Phi) is 6.82. The van der Waals surface area contributed by atoms with Crippen LogP contribution in [0.15, 0.2) is 23.8 Å². The molecule has 0 saturated heterocycles. The summed E-state index contributed by atoms with van der Waals surface area (Å²) in [4.78, 5) is 11.9. The average Bonchev–Trinajstić information content (AvgIpc) is 2.52. The number of hydrogen-bond acceptors (Lipinski definition) is 4. The van der Waals surface area contributed by atoms with Gasteiger partial charge in [-0.1, -0.05) is 25.5 Å². The van der Waals surface area contributed by atoms with Crippen LogP contribution in [0.2, 0.25) is 0 Å². The number of benzene rings is 1. The van der Waals surface area contributed by atoms with Crippen molar-refractivity contribution in [2.75, 3.05) is 20.8 Å². The molecule has 1 rings (SSSR count). The molecule has 1 aromatic carbocycles. The molecule has 5 heteroatoms. The van der Waals surface area contributed by atoms with Gasteiger partial charge in [-0.25, -0.2) is 0 Å². The van der Waals surface area contributed by atoms with E-state index in [4.69, 9.17) is 14.7 Å². The van der Waals surface area contributed by atoms with E-state index >= 15 is 0 Å². The number of para-hydroxylation sites is 1. The predicted octanol–water partition coefficient (Wildman–Crippen LogP) is 2.53. The largest absolute Gasteiger partial charge is 0.493 e. The Morgan fingerprint density at radius 1 is 1.38 bits per heavy atom. The molecule has 21 heavy (non-hydrogen) atoms. The third-order valence-electron chi connectivity index (χ3n) is 2.91. The normalized spacial score (nSPS) is 10.7. The number of unbranched alkanes of at least 4 members (excludes halogenated alkanes) is 1. The lowest BCUT2D eigenvalue weighted by molar-refractivity contribution is -0.117.